The normalized spacial score (nSPS) is 31.7. The molecule has 0 saturated heterocycles. The van der Waals surface area contributed by atoms with E-state index < -0.39 is 22.9 Å². The molecule has 8 nitrogen and oxygen atoms in total. The minimum atomic E-state index is -0.622. The van der Waals surface area contributed by atoms with Crippen molar-refractivity contribution in [1.29, 1.82) is 5.26 Å². The zero-order valence-corrected chi connectivity index (χ0v) is 16.4. The fraction of sp³-hybridized carbons (Fsp3) is 0.550. The molecule has 1 aromatic carbocycles. The zero-order valence-electron chi connectivity index (χ0n) is 15.7. The second kappa shape index (κ2) is 6.99. The van der Waals surface area contributed by atoms with Gasteiger partial charge in [-0.25, -0.2) is 0 Å². The first-order valence-electron chi connectivity index (χ1n) is 9.56. The third-order valence-electron chi connectivity index (χ3n) is 6.37. The number of nitro benzene ring substituents is 1. The van der Waals surface area contributed by atoms with Gasteiger partial charge < -0.3 is 10.1 Å². The molecule has 29 heavy (non-hydrogen) atoms. The van der Waals surface area contributed by atoms with Gasteiger partial charge in [-0.2, -0.15) is 5.26 Å². The van der Waals surface area contributed by atoms with Crippen LogP contribution < -0.4 is 5.32 Å². The summed E-state index contributed by atoms with van der Waals surface area (Å²) in [5.41, 5.74) is -0.752. The molecule has 4 aliphatic rings. The number of carbonyl (C=O) groups excluding carboxylic acids is 2. The summed E-state index contributed by atoms with van der Waals surface area (Å²) in [5.74, 6) is -0.105. The standard InChI is InChI=1S/C20H20ClN3O5/c21-20-7-12-3-13(8-20)6-19(5-12,11-20)18(26)29-10-17(25)23-16-2-1-15(24(27)28)4-14(16)9-22/h1-2,4,12-13H,3,5-8,10-11H2,(H,23,25)/t12-,13+,19?,20?. The number of nitrogens with one attached hydrogen (secondary N) is 1. The van der Waals surface area contributed by atoms with E-state index >= 15 is 0 Å². The maximum Gasteiger partial charge on any atom is 0.312 e. The summed E-state index contributed by atoms with van der Waals surface area (Å²) < 4.78 is 5.34. The van der Waals surface area contributed by atoms with Crippen molar-refractivity contribution >= 4 is 34.9 Å². The molecule has 1 amide bonds. The number of non-ortho nitro benzene ring substituents is 1. The molecule has 0 spiro atoms. The van der Waals surface area contributed by atoms with Crippen LogP contribution in [0.4, 0.5) is 11.4 Å². The summed E-state index contributed by atoms with van der Waals surface area (Å²) in [4.78, 5) is 34.9. The van der Waals surface area contributed by atoms with E-state index in [0.29, 0.717) is 18.3 Å². The second-order valence-corrected chi connectivity index (χ2v) is 9.42. The number of anilines is 1. The maximum atomic E-state index is 12.9. The Hall–Kier alpha value is -2.66. The van der Waals surface area contributed by atoms with Gasteiger partial charge in [0.15, 0.2) is 6.61 Å². The van der Waals surface area contributed by atoms with Crippen LogP contribution in [0.5, 0.6) is 0 Å². The number of ether oxygens (including phenoxy) is 1. The Morgan fingerprint density at radius 2 is 2.00 bits per heavy atom. The average Bonchev–Trinajstić information content (AvgIpc) is 2.64. The number of alkyl halides is 1. The highest BCUT2D eigenvalue weighted by atomic mass is 35.5. The Labute approximate surface area is 172 Å². The van der Waals surface area contributed by atoms with Crippen LogP contribution in [0.2, 0.25) is 0 Å². The van der Waals surface area contributed by atoms with Crippen molar-refractivity contribution in [2.24, 2.45) is 17.3 Å². The molecule has 1 N–H and O–H groups in total. The number of esters is 1. The van der Waals surface area contributed by atoms with Crippen molar-refractivity contribution in [1.82, 2.24) is 0 Å². The second-order valence-electron chi connectivity index (χ2n) is 8.62. The van der Waals surface area contributed by atoms with Crippen LogP contribution in [0, 0.1) is 38.7 Å². The van der Waals surface area contributed by atoms with E-state index in [-0.39, 0.29) is 27.8 Å². The molecular weight excluding hydrogens is 398 g/mol. The number of nitriles is 1. The van der Waals surface area contributed by atoms with Crippen LogP contribution in [-0.2, 0) is 14.3 Å². The molecule has 0 aromatic heterocycles. The lowest BCUT2D eigenvalue weighted by Gasteiger charge is -2.58. The highest BCUT2D eigenvalue weighted by molar-refractivity contribution is 6.24. The Morgan fingerprint density at radius 3 is 2.59 bits per heavy atom. The fourth-order valence-corrected chi connectivity index (χ4v) is 6.40. The third kappa shape index (κ3) is 3.67. The molecule has 4 bridgehead atoms. The molecule has 5 rings (SSSR count). The number of hydrogen-bond acceptors (Lipinski definition) is 6. The Balaban J connectivity index is 1.39. The fourth-order valence-electron chi connectivity index (χ4n) is 5.71. The van der Waals surface area contributed by atoms with Gasteiger partial charge in [-0.05, 0) is 56.4 Å². The molecule has 0 aliphatic heterocycles. The summed E-state index contributed by atoms with van der Waals surface area (Å²) in [6.45, 7) is -0.479. The van der Waals surface area contributed by atoms with Crippen LogP contribution in [0.3, 0.4) is 0 Å². The van der Waals surface area contributed by atoms with E-state index in [1.165, 1.54) is 12.1 Å². The van der Waals surface area contributed by atoms with Crippen molar-refractivity contribution in [2.45, 2.75) is 43.4 Å². The van der Waals surface area contributed by atoms with Crippen LogP contribution in [-0.4, -0.2) is 28.3 Å². The molecule has 2 unspecified atom stereocenters. The minimum absolute atomic E-state index is 0.0379. The van der Waals surface area contributed by atoms with Crippen LogP contribution in [0.15, 0.2) is 18.2 Å². The summed E-state index contributed by atoms with van der Waals surface area (Å²) in [6.07, 6.45) is 5.12. The quantitative estimate of drug-likeness (QED) is 0.338. The first-order chi connectivity index (χ1) is 13.7. The molecule has 0 heterocycles. The number of amides is 1. The van der Waals surface area contributed by atoms with Gasteiger partial charge in [0, 0.05) is 17.0 Å². The number of rotatable bonds is 5. The Kier molecular flexibility index (Phi) is 4.74. The van der Waals surface area contributed by atoms with Gasteiger partial charge in [-0.3, -0.25) is 19.7 Å². The monoisotopic (exact) mass is 417 g/mol. The van der Waals surface area contributed by atoms with Gasteiger partial charge in [0.25, 0.3) is 11.6 Å². The molecular formula is C20H20ClN3O5. The highest BCUT2D eigenvalue weighted by Crippen LogP contribution is 2.64. The van der Waals surface area contributed by atoms with Gasteiger partial charge in [-0.15, -0.1) is 11.6 Å². The lowest BCUT2D eigenvalue weighted by atomic mass is 9.49. The summed E-state index contributed by atoms with van der Waals surface area (Å²) in [5, 5.41) is 22.4. The molecule has 9 heteroatoms. The zero-order chi connectivity index (χ0) is 20.8. The number of nitro groups is 1. The van der Waals surface area contributed by atoms with Crippen molar-refractivity contribution in [2.75, 3.05) is 11.9 Å². The number of benzene rings is 1. The van der Waals surface area contributed by atoms with E-state index in [9.17, 15) is 19.7 Å². The highest BCUT2D eigenvalue weighted by Gasteiger charge is 2.60. The predicted octanol–water partition coefficient (Wildman–Crippen LogP) is 3.53. The third-order valence-corrected chi connectivity index (χ3v) is 6.81. The molecule has 4 fully saturated rings. The average molecular weight is 418 g/mol. The maximum absolute atomic E-state index is 12.9. The predicted molar refractivity (Wildman–Crippen MR) is 103 cm³/mol. The van der Waals surface area contributed by atoms with Gasteiger partial charge in [-0.1, -0.05) is 0 Å². The summed E-state index contributed by atoms with van der Waals surface area (Å²) in [6, 6.07) is 5.37. The van der Waals surface area contributed by atoms with E-state index in [4.69, 9.17) is 21.6 Å². The Bertz CT molecular complexity index is 927. The van der Waals surface area contributed by atoms with Gasteiger partial charge in [0.05, 0.1) is 21.6 Å². The number of carbonyl (C=O) groups is 2. The molecule has 4 aliphatic carbocycles. The first-order valence-corrected chi connectivity index (χ1v) is 9.94. The van der Waals surface area contributed by atoms with Gasteiger partial charge >= 0.3 is 5.97 Å². The van der Waals surface area contributed by atoms with Crippen LogP contribution in [0.1, 0.15) is 44.1 Å². The molecule has 4 saturated carbocycles. The van der Waals surface area contributed by atoms with Crippen LogP contribution >= 0.6 is 11.6 Å². The number of nitrogens with zero attached hydrogens (tertiary/aromatic N) is 2. The minimum Gasteiger partial charge on any atom is -0.455 e. The lowest BCUT2D eigenvalue weighted by Crippen LogP contribution is -2.56. The smallest absolute Gasteiger partial charge is 0.312 e. The largest absolute Gasteiger partial charge is 0.455 e. The number of hydrogen-bond donors (Lipinski definition) is 1. The molecule has 152 valence electrons. The van der Waals surface area contributed by atoms with Crippen molar-refractivity contribution in [3.8, 4) is 6.07 Å². The topological polar surface area (TPSA) is 122 Å². The van der Waals surface area contributed by atoms with Crippen molar-refractivity contribution < 1.29 is 19.2 Å². The van der Waals surface area contributed by atoms with Crippen molar-refractivity contribution in [3.63, 3.8) is 0 Å². The summed E-state index contributed by atoms with van der Waals surface area (Å²) in [7, 11) is 0. The molecule has 4 atom stereocenters. The Morgan fingerprint density at radius 1 is 1.31 bits per heavy atom. The molecule has 0 radical (unpaired) electrons. The van der Waals surface area contributed by atoms with E-state index in [1.54, 1.807) is 0 Å². The van der Waals surface area contributed by atoms with Crippen molar-refractivity contribution in [3.05, 3.63) is 33.9 Å². The van der Waals surface area contributed by atoms with Gasteiger partial charge in [0.2, 0.25) is 0 Å². The first kappa shape index (κ1) is 19.6. The number of halogens is 1. The van der Waals surface area contributed by atoms with E-state index in [1.807, 2.05) is 6.07 Å². The van der Waals surface area contributed by atoms with Crippen LogP contribution in [0.25, 0.3) is 0 Å². The van der Waals surface area contributed by atoms with E-state index in [2.05, 4.69) is 5.32 Å². The van der Waals surface area contributed by atoms with Gasteiger partial charge in [0.1, 0.15) is 6.07 Å². The SMILES string of the molecule is N#Cc1cc([N+](=O)[O-])ccc1NC(=O)COC(=O)C12C[C@@H]3C[C@@H](CC(Cl)(C3)C1)C2. The molecule has 1 aromatic rings. The summed E-state index contributed by atoms with van der Waals surface area (Å²) >= 11 is 6.74. The van der Waals surface area contributed by atoms with E-state index in [0.717, 1.165) is 38.2 Å². The lowest BCUT2D eigenvalue weighted by molar-refractivity contribution is -0.384.